The summed E-state index contributed by atoms with van der Waals surface area (Å²) < 4.78 is 5.22. The molecule has 0 aliphatic heterocycles. The van der Waals surface area contributed by atoms with Crippen LogP contribution in [0.5, 0.6) is 0 Å². The molecule has 0 spiro atoms. The fourth-order valence-corrected chi connectivity index (χ4v) is 1.40. The summed E-state index contributed by atoms with van der Waals surface area (Å²) in [6.45, 7) is 4.65. The quantitative estimate of drug-likeness (QED) is 0.747. The summed E-state index contributed by atoms with van der Waals surface area (Å²) in [5.74, 6) is -1.05. The Bertz CT molecular complexity index is 443. The number of anilines is 1. The smallest absolute Gasteiger partial charge is 0.250 e. The molecule has 0 bridgehead atoms. The van der Waals surface area contributed by atoms with E-state index in [4.69, 9.17) is 4.74 Å². The highest BCUT2D eigenvalue weighted by atomic mass is 16.5. The molecular formula is C14H18NO4-. The summed E-state index contributed by atoms with van der Waals surface area (Å²) in [4.78, 5) is 22.2. The summed E-state index contributed by atoms with van der Waals surface area (Å²) in [6, 6.07) is 5.91. The van der Waals surface area contributed by atoms with Gasteiger partial charge in [0, 0.05) is 12.3 Å². The van der Waals surface area contributed by atoms with Crippen LogP contribution >= 0.6 is 0 Å². The Balaban J connectivity index is 2.40. The van der Waals surface area contributed by atoms with E-state index in [1.165, 1.54) is 12.1 Å². The van der Waals surface area contributed by atoms with E-state index in [1.807, 2.05) is 0 Å². The zero-order valence-electron chi connectivity index (χ0n) is 11.1. The van der Waals surface area contributed by atoms with Crippen molar-refractivity contribution in [2.75, 3.05) is 18.5 Å². The molecule has 0 aromatic heterocycles. The van der Waals surface area contributed by atoms with Crippen molar-refractivity contribution in [2.45, 2.75) is 20.3 Å². The molecule has 0 fully saturated rings. The van der Waals surface area contributed by atoms with Crippen molar-refractivity contribution in [3.05, 3.63) is 29.8 Å². The van der Waals surface area contributed by atoms with E-state index >= 15 is 0 Å². The van der Waals surface area contributed by atoms with Gasteiger partial charge < -0.3 is 20.0 Å². The molecule has 1 rings (SSSR count). The maximum atomic E-state index is 11.5. The molecular weight excluding hydrogens is 246 g/mol. The molecule has 1 aromatic carbocycles. The van der Waals surface area contributed by atoms with Gasteiger partial charge in [0.15, 0.2) is 0 Å². The topological polar surface area (TPSA) is 78.5 Å². The van der Waals surface area contributed by atoms with Crippen molar-refractivity contribution >= 4 is 17.6 Å². The number of carboxylic acid groups (broad SMARTS) is 1. The first-order valence-electron chi connectivity index (χ1n) is 6.18. The maximum Gasteiger partial charge on any atom is 0.250 e. The number of nitrogens with one attached hydrogen (secondary N) is 1. The molecule has 0 radical (unpaired) electrons. The van der Waals surface area contributed by atoms with Crippen LogP contribution in [0.4, 0.5) is 5.69 Å². The molecule has 104 valence electrons. The van der Waals surface area contributed by atoms with Crippen LogP contribution in [0.25, 0.3) is 0 Å². The van der Waals surface area contributed by atoms with Crippen LogP contribution in [0, 0.1) is 5.92 Å². The first-order chi connectivity index (χ1) is 8.99. The fraction of sp³-hybridized carbons (Fsp3) is 0.429. The summed E-state index contributed by atoms with van der Waals surface area (Å²) >= 11 is 0. The number of carboxylic acids is 1. The number of benzene rings is 1. The van der Waals surface area contributed by atoms with E-state index < -0.39 is 5.97 Å². The number of aromatic carboxylic acids is 1. The van der Waals surface area contributed by atoms with Crippen LogP contribution in [0.2, 0.25) is 0 Å². The van der Waals surface area contributed by atoms with Crippen LogP contribution < -0.4 is 10.4 Å². The lowest BCUT2D eigenvalue weighted by molar-refractivity contribution is -0.255. The van der Waals surface area contributed by atoms with Crippen LogP contribution in [0.15, 0.2) is 24.3 Å². The summed E-state index contributed by atoms with van der Waals surface area (Å²) in [5, 5.41) is 13.2. The molecule has 0 heterocycles. The summed E-state index contributed by atoms with van der Waals surface area (Å²) in [6.07, 6.45) is 0.896. The van der Waals surface area contributed by atoms with Crippen molar-refractivity contribution in [1.82, 2.24) is 0 Å². The van der Waals surface area contributed by atoms with Gasteiger partial charge in [-0.25, -0.2) is 0 Å². The van der Waals surface area contributed by atoms with Crippen molar-refractivity contribution < 1.29 is 19.4 Å². The van der Waals surface area contributed by atoms with Crippen LogP contribution in [-0.4, -0.2) is 25.1 Å². The second-order valence-corrected chi connectivity index (χ2v) is 4.65. The van der Waals surface area contributed by atoms with Crippen LogP contribution in [0.3, 0.4) is 0 Å². The minimum Gasteiger partial charge on any atom is -0.545 e. The fourth-order valence-electron chi connectivity index (χ4n) is 1.40. The largest absolute Gasteiger partial charge is 0.545 e. The Hall–Kier alpha value is -1.88. The lowest BCUT2D eigenvalue weighted by atomic mass is 10.1. The van der Waals surface area contributed by atoms with Gasteiger partial charge in [-0.2, -0.15) is 0 Å². The molecule has 1 aromatic rings. The Morgan fingerprint density at radius 1 is 1.37 bits per heavy atom. The van der Waals surface area contributed by atoms with E-state index in [2.05, 4.69) is 19.2 Å². The average molecular weight is 264 g/mol. The third kappa shape index (κ3) is 6.01. The minimum absolute atomic E-state index is 0.0264. The SMILES string of the molecule is CC(C)CCOCC(=O)Nc1cccc(C(=O)[O-])c1. The normalized spacial score (nSPS) is 10.5. The first kappa shape index (κ1) is 15.2. The van der Waals surface area contributed by atoms with Gasteiger partial charge in [0.2, 0.25) is 5.91 Å². The lowest BCUT2D eigenvalue weighted by Crippen LogP contribution is -2.23. The molecule has 5 heteroatoms. The van der Waals surface area contributed by atoms with Gasteiger partial charge >= 0.3 is 0 Å². The summed E-state index contributed by atoms with van der Waals surface area (Å²) in [5.41, 5.74) is 0.442. The van der Waals surface area contributed by atoms with E-state index in [1.54, 1.807) is 12.1 Å². The molecule has 0 aliphatic rings. The van der Waals surface area contributed by atoms with Crippen LogP contribution in [-0.2, 0) is 9.53 Å². The maximum absolute atomic E-state index is 11.5. The molecule has 1 N–H and O–H groups in total. The minimum atomic E-state index is -1.27. The zero-order valence-corrected chi connectivity index (χ0v) is 11.1. The molecule has 0 atom stereocenters. The van der Waals surface area contributed by atoms with Crippen molar-refractivity contribution in [3.63, 3.8) is 0 Å². The second kappa shape index (κ2) is 7.53. The Morgan fingerprint density at radius 2 is 2.11 bits per heavy atom. The van der Waals surface area contributed by atoms with E-state index in [-0.39, 0.29) is 18.1 Å². The monoisotopic (exact) mass is 264 g/mol. The number of hydrogen-bond acceptors (Lipinski definition) is 4. The van der Waals surface area contributed by atoms with E-state index in [0.717, 1.165) is 6.42 Å². The number of carbonyl (C=O) groups is 2. The first-order valence-corrected chi connectivity index (χ1v) is 6.18. The highest BCUT2D eigenvalue weighted by Gasteiger charge is 2.04. The van der Waals surface area contributed by atoms with Gasteiger partial charge in [-0.15, -0.1) is 0 Å². The molecule has 1 amide bonds. The van der Waals surface area contributed by atoms with Crippen molar-refractivity contribution in [1.29, 1.82) is 0 Å². The van der Waals surface area contributed by atoms with E-state index in [0.29, 0.717) is 18.2 Å². The molecule has 19 heavy (non-hydrogen) atoms. The molecule has 0 saturated carbocycles. The Kier molecular flexibility index (Phi) is 6.02. The predicted octanol–water partition coefficient (Wildman–Crippen LogP) is 1.05. The van der Waals surface area contributed by atoms with Crippen LogP contribution in [0.1, 0.15) is 30.6 Å². The molecule has 0 unspecified atom stereocenters. The van der Waals surface area contributed by atoms with Crippen molar-refractivity contribution in [3.8, 4) is 0 Å². The molecule has 5 nitrogen and oxygen atoms in total. The van der Waals surface area contributed by atoms with Gasteiger partial charge in [-0.1, -0.05) is 26.0 Å². The van der Waals surface area contributed by atoms with Gasteiger partial charge in [-0.05, 0) is 30.0 Å². The third-order valence-electron chi connectivity index (χ3n) is 2.45. The van der Waals surface area contributed by atoms with Gasteiger partial charge in [0.1, 0.15) is 6.61 Å². The predicted molar refractivity (Wildman–Crippen MR) is 69.7 cm³/mol. The second-order valence-electron chi connectivity index (χ2n) is 4.65. The Labute approximate surface area is 112 Å². The number of ether oxygens (including phenoxy) is 1. The van der Waals surface area contributed by atoms with Crippen molar-refractivity contribution in [2.24, 2.45) is 5.92 Å². The lowest BCUT2D eigenvalue weighted by Gasteiger charge is -2.09. The highest BCUT2D eigenvalue weighted by molar-refractivity contribution is 5.93. The van der Waals surface area contributed by atoms with Gasteiger partial charge in [0.25, 0.3) is 0 Å². The Morgan fingerprint density at radius 3 is 2.74 bits per heavy atom. The third-order valence-corrected chi connectivity index (χ3v) is 2.45. The standard InChI is InChI=1S/C14H19NO4/c1-10(2)6-7-19-9-13(16)15-12-5-3-4-11(8-12)14(17)18/h3-5,8,10H,6-7,9H2,1-2H3,(H,15,16)(H,17,18)/p-1. The average Bonchev–Trinajstić information content (AvgIpc) is 2.34. The van der Waals surface area contributed by atoms with Gasteiger partial charge in [0.05, 0.1) is 5.97 Å². The number of amides is 1. The van der Waals surface area contributed by atoms with E-state index in [9.17, 15) is 14.7 Å². The van der Waals surface area contributed by atoms with Gasteiger partial charge in [-0.3, -0.25) is 4.79 Å². The number of rotatable bonds is 7. The number of carbonyl (C=O) groups excluding carboxylic acids is 2. The molecule has 0 aliphatic carbocycles. The molecule has 0 saturated heterocycles. The number of hydrogen-bond donors (Lipinski definition) is 1. The summed E-state index contributed by atoms with van der Waals surface area (Å²) in [7, 11) is 0. The zero-order chi connectivity index (χ0) is 14.3. The highest BCUT2D eigenvalue weighted by Crippen LogP contribution is 2.10.